The summed E-state index contributed by atoms with van der Waals surface area (Å²) >= 11 is 0. The number of hydrogen-bond acceptors (Lipinski definition) is 4. The molecule has 17 heavy (non-hydrogen) atoms. The van der Waals surface area contributed by atoms with Gasteiger partial charge in [-0.05, 0) is 32.5 Å². The maximum Gasteiger partial charge on any atom is 0.151 e. The first-order chi connectivity index (χ1) is 8.26. The minimum atomic E-state index is -0.0438. The predicted molar refractivity (Wildman–Crippen MR) is 64.7 cm³/mol. The lowest BCUT2D eigenvalue weighted by Gasteiger charge is -2.14. The van der Waals surface area contributed by atoms with Crippen molar-refractivity contribution in [1.29, 1.82) is 0 Å². The molecule has 0 radical (unpaired) electrons. The van der Waals surface area contributed by atoms with Gasteiger partial charge in [-0.25, -0.2) is 9.67 Å². The quantitative estimate of drug-likeness (QED) is 0.858. The van der Waals surface area contributed by atoms with E-state index in [-0.39, 0.29) is 6.04 Å². The van der Waals surface area contributed by atoms with E-state index in [4.69, 9.17) is 4.42 Å². The maximum absolute atomic E-state index is 5.65. The number of rotatable bonds is 5. The van der Waals surface area contributed by atoms with Crippen molar-refractivity contribution in [2.75, 3.05) is 7.05 Å². The standard InChI is InChI=1S/C12H18N4O/c1-4-7-16-12(14-8-15-16)11(13-3)10-6-5-9(2)17-10/h5-6,8,11,13H,4,7H2,1-3H3. The Bertz CT molecular complexity index is 474. The summed E-state index contributed by atoms with van der Waals surface area (Å²) in [6.45, 7) is 4.93. The molecule has 5 heteroatoms. The van der Waals surface area contributed by atoms with Crippen molar-refractivity contribution in [2.45, 2.75) is 32.9 Å². The highest BCUT2D eigenvalue weighted by molar-refractivity contribution is 5.16. The van der Waals surface area contributed by atoms with Crippen molar-refractivity contribution in [3.63, 3.8) is 0 Å². The number of aromatic nitrogens is 3. The molecule has 0 aliphatic heterocycles. The smallest absolute Gasteiger partial charge is 0.151 e. The van der Waals surface area contributed by atoms with Crippen LogP contribution in [0.2, 0.25) is 0 Å². The highest BCUT2D eigenvalue weighted by Gasteiger charge is 2.20. The summed E-state index contributed by atoms with van der Waals surface area (Å²) in [4.78, 5) is 4.32. The molecule has 0 saturated carbocycles. The maximum atomic E-state index is 5.65. The Morgan fingerprint density at radius 2 is 2.29 bits per heavy atom. The lowest BCUT2D eigenvalue weighted by Crippen LogP contribution is -2.22. The molecule has 0 amide bonds. The van der Waals surface area contributed by atoms with Gasteiger partial charge in [0, 0.05) is 6.54 Å². The molecule has 0 fully saturated rings. The molecule has 2 aromatic heterocycles. The van der Waals surface area contributed by atoms with E-state index < -0.39 is 0 Å². The zero-order valence-electron chi connectivity index (χ0n) is 10.5. The molecule has 0 spiro atoms. The minimum Gasteiger partial charge on any atom is -0.464 e. The van der Waals surface area contributed by atoms with Crippen molar-refractivity contribution < 1.29 is 4.42 Å². The lowest BCUT2D eigenvalue weighted by atomic mass is 10.2. The van der Waals surface area contributed by atoms with Crippen LogP contribution in [0.3, 0.4) is 0 Å². The molecule has 1 N–H and O–H groups in total. The Morgan fingerprint density at radius 1 is 1.47 bits per heavy atom. The normalized spacial score (nSPS) is 12.9. The fourth-order valence-electron chi connectivity index (χ4n) is 1.89. The van der Waals surface area contributed by atoms with Gasteiger partial charge < -0.3 is 9.73 Å². The Labute approximate surface area is 101 Å². The van der Waals surface area contributed by atoms with E-state index in [0.717, 1.165) is 30.3 Å². The first kappa shape index (κ1) is 11.9. The minimum absolute atomic E-state index is 0.0438. The van der Waals surface area contributed by atoms with Crippen molar-refractivity contribution >= 4 is 0 Å². The molecule has 0 bridgehead atoms. The van der Waals surface area contributed by atoms with E-state index >= 15 is 0 Å². The number of aryl methyl sites for hydroxylation is 2. The summed E-state index contributed by atoms with van der Waals surface area (Å²) in [7, 11) is 1.90. The molecule has 0 aliphatic rings. The molecule has 2 rings (SSSR count). The van der Waals surface area contributed by atoms with Gasteiger partial charge in [0.1, 0.15) is 23.9 Å². The molecule has 1 atom stereocenters. The largest absolute Gasteiger partial charge is 0.464 e. The highest BCUT2D eigenvalue weighted by Crippen LogP contribution is 2.21. The van der Waals surface area contributed by atoms with E-state index in [2.05, 4.69) is 22.3 Å². The predicted octanol–water partition coefficient (Wildman–Crippen LogP) is 1.90. The molecule has 2 aromatic rings. The summed E-state index contributed by atoms with van der Waals surface area (Å²) < 4.78 is 7.57. The van der Waals surface area contributed by atoms with Crippen molar-refractivity contribution in [2.24, 2.45) is 0 Å². The summed E-state index contributed by atoms with van der Waals surface area (Å²) in [6.07, 6.45) is 2.62. The Kier molecular flexibility index (Phi) is 3.58. The van der Waals surface area contributed by atoms with Gasteiger partial charge in [0.05, 0.1) is 0 Å². The van der Waals surface area contributed by atoms with Crippen LogP contribution in [-0.2, 0) is 6.54 Å². The average molecular weight is 234 g/mol. The van der Waals surface area contributed by atoms with Gasteiger partial charge in [-0.2, -0.15) is 5.10 Å². The van der Waals surface area contributed by atoms with E-state index in [9.17, 15) is 0 Å². The van der Waals surface area contributed by atoms with Crippen LogP contribution in [0.5, 0.6) is 0 Å². The van der Waals surface area contributed by atoms with Gasteiger partial charge in [0.2, 0.25) is 0 Å². The van der Waals surface area contributed by atoms with Crippen LogP contribution < -0.4 is 5.32 Å². The van der Waals surface area contributed by atoms with Crippen LogP contribution in [-0.4, -0.2) is 21.8 Å². The molecule has 0 aromatic carbocycles. The number of nitrogens with one attached hydrogen (secondary N) is 1. The van der Waals surface area contributed by atoms with Crippen molar-refractivity contribution in [1.82, 2.24) is 20.1 Å². The molecular formula is C12H18N4O. The van der Waals surface area contributed by atoms with Crippen molar-refractivity contribution in [3.05, 3.63) is 35.8 Å². The zero-order valence-corrected chi connectivity index (χ0v) is 10.5. The van der Waals surface area contributed by atoms with Crippen molar-refractivity contribution in [3.8, 4) is 0 Å². The average Bonchev–Trinajstić information content (AvgIpc) is 2.91. The molecule has 0 aliphatic carbocycles. The fraction of sp³-hybridized carbons (Fsp3) is 0.500. The summed E-state index contributed by atoms with van der Waals surface area (Å²) in [5.41, 5.74) is 0. The number of hydrogen-bond donors (Lipinski definition) is 1. The second-order valence-electron chi connectivity index (χ2n) is 4.01. The van der Waals surface area contributed by atoms with Crippen LogP contribution in [0.1, 0.15) is 36.7 Å². The second kappa shape index (κ2) is 5.14. The molecule has 1 unspecified atom stereocenters. The van der Waals surface area contributed by atoms with Gasteiger partial charge in [0.15, 0.2) is 5.82 Å². The lowest BCUT2D eigenvalue weighted by molar-refractivity contribution is 0.420. The second-order valence-corrected chi connectivity index (χ2v) is 4.01. The summed E-state index contributed by atoms with van der Waals surface area (Å²) in [5, 5.41) is 7.45. The van der Waals surface area contributed by atoms with Crippen LogP contribution in [0.25, 0.3) is 0 Å². The number of nitrogens with zero attached hydrogens (tertiary/aromatic N) is 3. The SMILES string of the molecule is CCCn1ncnc1C(NC)c1ccc(C)o1. The van der Waals surface area contributed by atoms with Gasteiger partial charge in [-0.1, -0.05) is 6.92 Å². The van der Waals surface area contributed by atoms with E-state index in [0.29, 0.717) is 0 Å². The summed E-state index contributed by atoms with van der Waals surface area (Å²) in [6, 6.07) is 3.89. The number of furan rings is 1. The van der Waals surface area contributed by atoms with Gasteiger partial charge in [0.25, 0.3) is 0 Å². The molecular weight excluding hydrogens is 216 g/mol. The third kappa shape index (κ3) is 2.39. The third-order valence-corrected chi connectivity index (χ3v) is 2.67. The van der Waals surface area contributed by atoms with E-state index in [1.54, 1.807) is 6.33 Å². The molecule has 92 valence electrons. The summed E-state index contributed by atoms with van der Waals surface area (Å²) in [5.74, 6) is 2.67. The topological polar surface area (TPSA) is 55.9 Å². The third-order valence-electron chi connectivity index (χ3n) is 2.67. The Hall–Kier alpha value is -1.62. The zero-order chi connectivity index (χ0) is 12.3. The first-order valence-electron chi connectivity index (χ1n) is 5.87. The Balaban J connectivity index is 2.31. The monoisotopic (exact) mass is 234 g/mol. The van der Waals surface area contributed by atoms with E-state index in [1.165, 1.54) is 0 Å². The van der Waals surface area contributed by atoms with E-state index in [1.807, 2.05) is 30.8 Å². The van der Waals surface area contributed by atoms with Gasteiger partial charge in [-0.3, -0.25) is 0 Å². The van der Waals surface area contributed by atoms with Gasteiger partial charge in [-0.15, -0.1) is 0 Å². The van der Waals surface area contributed by atoms with Crippen LogP contribution >= 0.6 is 0 Å². The molecule has 2 heterocycles. The van der Waals surface area contributed by atoms with Crippen LogP contribution in [0, 0.1) is 6.92 Å². The highest BCUT2D eigenvalue weighted by atomic mass is 16.3. The Morgan fingerprint density at radius 3 is 2.88 bits per heavy atom. The van der Waals surface area contributed by atoms with Crippen LogP contribution in [0.15, 0.2) is 22.9 Å². The molecule has 0 saturated heterocycles. The van der Waals surface area contributed by atoms with Crippen LogP contribution in [0.4, 0.5) is 0 Å². The van der Waals surface area contributed by atoms with Gasteiger partial charge >= 0.3 is 0 Å². The first-order valence-corrected chi connectivity index (χ1v) is 5.87. The molecule has 5 nitrogen and oxygen atoms in total. The fourth-order valence-corrected chi connectivity index (χ4v) is 1.89.